The zero-order valence-corrected chi connectivity index (χ0v) is 14.2. The maximum absolute atomic E-state index is 12.0. The Labute approximate surface area is 139 Å². The minimum absolute atomic E-state index is 0.182. The number of amides is 1. The molecule has 0 radical (unpaired) electrons. The Morgan fingerprint density at radius 2 is 2.32 bits per heavy atom. The Morgan fingerprint density at radius 3 is 3.09 bits per heavy atom. The van der Waals surface area contributed by atoms with Gasteiger partial charge >= 0.3 is 0 Å². The second-order valence-corrected chi connectivity index (χ2v) is 6.55. The highest BCUT2D eigenvalue weighted by Crippen LogP contribution is 2.18. The van der Waals surface area contributed by atoms with Crippen LogP contribution in [0.25, 0.3) is 11.0 Å². The maximum atomic E-state index is 12.0. The summed E-state index contributed by atoms with van der Waals surface area (Å²) in [4.78, 5) is 17.4. The number of rotatable bonds is 4. The minimum atomic E-state index is -0.182. The Bertz CT molecular complexity index is 852. The van der Waals surface area contributed by atoms with E-state index < -0.39 is 0 Å². The summed E-state index contributed by atoms with van der Waals surface area (Å²) in [5.41, 5.74) is 4.38. The van der Waals surface area contributed by atoms with E-state index in [1.807, 2.05) is 47.2 Å². The number of carbonyl (C=O) groups is 1. The lowest BCUT2D eigenvalue weighted by Crippen LogP contribution is -2.23. The van der Waals surface area contributed by atoms with Gasteiger partial charge in [0.05, 0.1) is 17.2 Å². The monoisotopic (exact) mass is 376 g/mol. The van der Waals surface area contributed by atoms with E-state index in [1.54, 1.807) is 17.6 Å². The predicted molar refractivity (Wildman–Crippen MR) is 92.2 cm³/mol. The number of thiophene rings is 1. The molecule has 0 spiro atoms. The van der Waals surface area contributed by atoms with Crippen LogP contribution in [0.4, 0.5) is 0 Å². The van der Waals surface area contributed by atoms with Gasteiger partial charge in [0.1, 0.15) is 12.4 Å². The fraction of sp³-hybridized carbons (Fsp3) is 0.133. The first-order valence-corrected chi connectivity index (χ1v) is 8.28. The molecule has 0 aliphatic heterocycles. The molecule has 3 aromatic rings. The summed E-state index contributed by atoms with van der Waals surface area (Å²) in [6.07, 6.45) is 1.63. The molecule has 0 fully saturated rings. The number of nitrogens with one attached hydrogen (secondary N) is 1. The summed E-state index contributed by atoms with van der Waals surface area (Å²) in [5, 5.41) is 5.94. The van der Waals surface area contributed by atoms with Gasteiger partial charge in [-0.2, -0.15) is 5.10 Å². The van der Waals surface area contributed by atoms with Crippen LogP contribution in [-0.4, -0.2) is 21.7 Å². The van der Waals surface area contributed by atoms with E-state index >= 15 is 0 Å². The summed E-state index contributed by atoms with van der Waals surface area (Å²) in [7, 11) is 0. The second kappa shape index (κ2) is 6.41. The van der Waals surface area contributed by atoms with Crippen LogP contribution in [0.5, 0.6) is 0 Å². The third-order valence-corrected chi connectivity index (χ3v) is 4.74. The molecule has 1 N–H and O–H groups in total. The SMILES string of the molecule is Cc1nc2ccccc2n1CC(=O)N/N=C\c1cc(Br)cs1. The van der Waals surface area contributed by atoms with Crippen molar-refractivity contribution in [1.82, 2.24) is 15.0 Å². The number of nitrogens with zero attached hydrogens (tertiary/aromatic N) is 3. The van der Waals surface area contributed by atoms with Crippen LogP contribution < -0.4 is 5.43 Å². The van der Waals surface area contributed by atoms with Crippen molar-refractivity contribution in [1.29, 1.82) is 0 Å². The molecule has 0 atom stereocenters. The third-order valence-electron chi connectivity index (χ3n) is 3.12. The number of carbonyl (C=O) groups excluding carboxylic acids is 1. The van der Waals surface area contributed by atoms with E-state index in [1.165, 1.54) is 0 Å². The van der Waals surface area contributed by atoms with Crippen LogP contribution in [0.3, 0.4) is 0 Å². The van der Waals surface area contributed by atoms with Gasteiger partial charge in [-0.1, -0.05) is 12.1 Å². The molecule has 2 heterocycles. The molecule has 22 heavy (non-hydrogen) atoms. The molecule has 7 heteroatoms. The summed E-state index contributed by atoms with van der Waals surface area (Å²) in [6, 6.07) is 9.69. The van der Waals surface area contributed by atoms with Gasteiger partial charge in [-0.05, 0) is 41.1 Å². The third kappa shape index (κ3) is 3.26. The Morgan fingerprint density at radius 1 is 1.50 bits per heavy atom. The molecular formula is C15H13BrN4OS. The lowest BCUT2D eigenvalue weighted by molar-refractivity contribution is -0.121. The zero-order valence-electron chi connectivity index (χ0n) is 11.8. The zero-order chi connectivity index (χ0) is 15.5. The van der Waals surface area contributed by atoms with Gasteiger partial charge < -0.3 is 4.57 Å². The highest BCUT2D eigenvalue weighted by molar-refractivity contribution is 9.10. The van der Waals surface area contributed by atoms with Crippen molar-refractivity contribution in [2.24, 2.45) is 5.10 Å². The predicted octanol–water partition coefficient (Wildman–Crippen LogP) is 3.32. The van der Waals surface area contributed by atoms with Crippen LogP contribution in [0, 0.1) is 6.92 Å². The molecule has 5 nitrogen and oxygen atoms in total. The van der Waals surface area contributed by atoms with Crippen LogP contribution in [0.1, 0.15) is 10.7 Å². The molecule has 3 rings (SSSR count). The van der Waals surface area contributed by atoms with Gasteiger partial charge in [0.2, 0.25) is 0 Å². The number of aromatic nitrogens is 2. The number of hydrogen-bond donors (Lipinski definition) is 1. The smallest absolute Gasteiger partial charge is 0.260 e. The van der Waals surface area contributed by atoms with E-state index in [0.29, 0.717) is 0 Å². The van der Waals surface area contributed by atoms with Crippen molar-refractivity contribution in [2.45, 2.75) is 13.5 Å². The molecule has 0 aliphatic carbocycles. The average Bonchev–Trinajstić information content (AvgIpc) is 3.03. The van der Waals surface area contributed by atoms with E-state index in [2.05, 4.69) is 31.4 Å². The van der Waals surface area contributed by atoms with Crippen LogP contribution >= 0.6 is 27.3 Å². The number of benzene rings is 1. The van der Waals surface area contributed by atoms with Gasteiger partial charge in [0.15, 0.2) is 0 Å². The molecule has 0 aliphatic rings. The normalized spacial score (nSPS) is 11.4. The van der Waals surface area contributed by atoms with E-state index in [9.17, 15) is 4.79 Å². The number of hydrazone groups is 1. The van der Waals surface area contributed by atoms with E-state index in [0.717, 1.165) is 26.2 Å². The fourth-order valence-corrected chi connectivity index (χ4v) is 3.44. The number of para-hydroxylation sites is 2. The Balaban J connectivity index is 1.68. The minimum Gasteiger partial charge on any atom is -0.319 e. The summed E-state index contributed by atoms with van der Waals surface area (Å²) >= 11 is 4.92. The van der Waals surface area contributed by atoms with Crippen molar-refractivity contribution in [2.75, 3.05) is 0 Å². The first kappa shape index (κ1) is 14.9. The molecule has 1 aromatic carbocycles. The van der Waals surface area contributed by atoms with Crippen LogP contribution in [0.2, 0.25) is 0 Å². The van der Waals surface area contributed by atoms with Crippen molar-refractivity contribution in [3.63, 3.8) is 0 Å². The molecular weight excluding hydrogens is 364 g/mol. The molecule has 0 unspecified atom stereocenters. The first-order chi connectivity index (χ1) is 10.6. The van der Waals surface area contributed by atoms with Crippen molar-refractivity contribution in [3.05, 3.63) is 50.9 Å². The maximum Gasteiger partial charge on any atom is 0.260 e. The van der Waals surface area contributed by atoms with E-state index in [4.69, 9.17) is 0 Å². The lowest BCUT2D eigenvalue weighted by atomic mass is 10.3. The fourth-order valence-electron chi connectivity index (χ4n) is 2.14. The van der Waals surface area contributed by atoms with Crippen LogP contribution in [0.15, 0.2) is 45.3 Å². The molecule has 0 saturated heterocycles. The van der Waals surface area contributed by atoms with E-state index in [-0.39, 0.29) is 12.5 Å². The summed E-state index contributed by atoms with van der Waals surface area (Å²) in [6.45, 7) is 2.08. The molecule has 0 saturated carbocycles. The topological polar surface area (TPSA) is 59.3 Å². The van der Waals surface area contributed by atoms with Gasteiger partial charge in [-0.15, -0.1) is 11.3 Å². The molecule has 1 amide bonds. The average molecular weight is 377 g/mol. The molecule has 0 bridgehead atoms. The van der Waals surface area contributed by atoms with Crippen molar-refractivity contribution >= 4 is 50.4 Å². The van der Waals surface area contributed by atoms with Gasteiger partial charge in [0.25, 0.3) is 5.91 Å². The highest BCUT2D eigenvalue weighted by Gasteiger charge is 2.09. The number of aryl methyl sites for hydroxylation is 1. The highest BCUT2D eigenvalue weighted by atomic mass is 79.9. The molecule has 2 aromatic heterocycles. The Kier molecular flexibility index (Phi) is 4.35. The largest absolute Gasteiger partial charge is 0.319 e. The van der Waals surface area contributed by atoms with Gasteiger partial charge in [-0.3, -0.25) is 4.79 Å². The Hall–Kier alpha value is -1.99. The van der Waals surface area contributed by atoms with Crippen molar-refractivity contribution < 1.29 is 4.79 Å². The van der Waals surface area contributed by atoms with Crippen molar-refractivity contribution in [3.8, 4) is 0 Å². The number of imidazole rings is 1. The summed E-state index contributed by atoms with van der Waals surface area (Å²) < 4.78 is 2.88. The standard InChI is InChI=1S/C15H13BrN4OS/c1-10-18-13-4-2-3-5-14(13)20(10)8-15(21)19-17-7-12-6-11(16)9-22-12/h2-7,9H,8H2,1H3,(H,19,21)/b17-7-. The second-order valence-electron chi connectivity index (χ2n) is 4.69. The number of hydrogen-bond acceptors (Lipinski definition) is 4. The lowest BCUT2D eigenvalue weighted by Gasteiger charge is -2.05. The first-order valence-electron chi connectivity index (χ1n) is 6.61. The number of fused-ring (bicyclic) bond motifs is 1. The quantitative estimate of drug-likeness (QED) is 0.560. The van der Waals surface area contributed by atoms with Gasteiger partial charge in [0, 0.05) is 14.7 Å². The van der Waals surface area contributed by atoms with Crippen LogP contribution in [-0.2, 0) is 11.3 Å². The summed E-state index contributed by atoms with van der Waals surface area (Å²) in [5.74, 6) is 0.626. The molecule has 112 valence electrons. The van der Waals surface area contributed by atoms with Gasteiger partial charge in [-0.25, -0.2) is 10.4 Å². The number of halogens is 1.